The van der Waals surface area contributed by atoms with E-state index in [1.54, 1.807) is 0 Å². The smallest absolute Gasteiger partial charge is 0.262 e. The summed E-state index contributed by atoms with van der Waals surface area (Å²) in [6.45, 7) is 0. The van der Waals surface area contributed by atoms with E-state index in [1.807, 2.05) is 6.07 Å². The van der Waals surface area contributed by atoms with Gasteiger partial charge in [-0.1, -0.05) is 0 Å². The minimum absolute atomic E-state index is 0.277. The van der Waals surface area contributed by atoms with Crippen molar-refractivity contribution in [2.75, 3.05) is 0 Å². The number of hydrogen-bond acceptors (Lipinski definition) is 4. The molecule has 0 saturated carbocycles. The molecule has 2 rings (SSSR count). The number of nitrogens with one attached hydrogen (secondary N) is 2. The van der Waals surface area contributed by atoms with Crippen LogP contribution < -0.4 is 5.56 Å². The van der Waals surface area contributed by atoms with Crippen molar-refractivity contribution in [3.63, 3.8) is 0 Å². The Morgan fingerprint density at radius 2 is 2.43 bits per heavy atom. The van der Waals surface area contributed by atoms with Crippen LogP contribution >= 0.6 is 0 Å². The van der Waals surface area contributed by atoms with Crippen LogP contribution in [0.15, 0.2) is 17.2 Å². The Labute approximate surface area is 77.9 Å². The van der Waals surface area contributed by atoms with Crippen molar-refractivity contribution in [1.82, 2.24) is 20.2 Å². The van der Waals surface area contributed by atoms with Crippen molar-refractivity contribution in [3.8, 4) is 6.07 Å². The zero-order valence-electron chi connectivity index (χ0n) is 6.98. The first kappa shape index (κ1) is 8.19. The summed E-state index contributed by atoms with van der Waals surface area (Å²) in [7, 11) is 0. The maximum Gasteiger partial charge on any atom is 0.262 e. The molecule has 2 aromatic heterocycles. The van der Waals surface area contributed by atoms with Gasteiger partial charge in [0, 0.05) is 6.08 Å². The molecule has 6 nitrogen and oxygen atoms in total. The van der Waals surface area contributed by atoms with Crippen LogP contribution in [0.25, 0.3) is 17.1 Å². The summed E-state index contributed by atoms with van der Waals surface area (Å²) in [5.41, 5.74) is 0.545. The summed E-state index contributed by atoms with van der Waals surface area (Å²) in [4.78, 5) is 17.6. The molecule has 0 radical (unpaired) electrons. The molecule has 2 aromatic rings. The molecular formula is C8H5N5O. The number of aromatic nitrogens is 4. The minimum atomic E-state index is -0.277. The van der Waals surface area contributed by atoms with Gasteiger partial charge in [-0.15, -0.1) is 0 Å². The monoisotopic (exact) mass is 187 g/mol. The van der Waals surface area contributed by atoms with Gasteiger partial charge in [0.25, 0.3) is 5.56 Å². The zero-order valence-corrected chi connectivity index (χ0v) is 6.98. The summed E-state index contributed by atoms with van der Waals surface area (Å²) in [6, 6.07) is 1.83. The van der Waals surface area contributed by atoms with E-state index in [9.17, 15) is 4.79 Å². The quantitative estimate of drug-likeness (QED) is 0.622. The highest BCUT2D eigenvalue weighted by atomic mass is 16.1. The van der Waals surface area contributed by atoms with Gasteiger partial charge in [-0.05, 0) is 6.08 Å². The molecule has 0 aliphatic heterocycles. The first-order chi connectivity index (χ1) is 6.83. The molecule has 0 saturated heterocycles. The van der Waals surface area contributed by atoms with Crippen LogP contribution in [0.3, 0.4) is 0 Å². The normalized spacial score (nSPS) is 10.8. The van der Waals surface area contributed by atoms with Gasteiger partial charge < -0.3 is 4.98 Å². The highest BCUT2D eigenvalue weighted by Crippen LogP contribution is 2.08. The summed E-state index contributed by atoms with van der Waals surface area (Å²) >= 11 is 0. The molecule has 68 valence electrons. The number of H-pyrrole nitrogens is 2. The van der Waals surface area contributed by atoms with Gasteiger partial charge in [0.05, 0.1) is 18.1 Å². The highest BCUT2D eigenvalue weighted by Gasteiger charge is 2.06. The van der Waals surface area contributed by atoms with Crippen LogP contribution in [0.5, 0.6) is 0 Å². The predicted molar refractivity (Wildman–Crippen MR) is 49.2 cm³/mol. The lowest BCUT2D eigenvalue weighted by Crippen LogP contribution is -2.05. The van der Waals surface area contributed by atoms with Gasteiger partial charge >= 0.3 is 0 Å². The van der Waals surface area contributed by atoms with E-state index in [2.05, 4.69) is 20.2 Å². The molecule has 0 atom stereocenters. The SMILES string of the molecule is N#CC=Cc1[nH]nc2nc[nH]c(=O)c12. The van der Waals surface area contributed by atoms with Gasteiger partial charge in [-0.2, -0.15) is 10.4 Å². The summed E-state index contributed by atoms with van der Waals surface area (Å²) < 4.78 is 0. The molecule has 0 aliphatic carbocycles. The van der Waals surface area contributed by atoms with Crippen LogP contribution in [-0.4, -0.2) is 20.2 Å². The molecule has 0 fully saturated rings. The molecule has 6 heteroatoms. The van der Waals surface area contributed by atoms with Crippen molar-refractivity contribution < 1.29 is 0 Å². The zero-order chi connectivity index (χ0) is 9.97. The number of nitrogens with zero attached hydrogens (tertiary/aromatic N) is 3. The van der Waals surface area contributed by atoms with E-state index < -0.39 is 0 Å². The van der Waals surface area contributed by atoms with Gasteiger partial charge in [-0.25, -0.2) is 4.98 Å². The summed E-state index contributed by atoms with van der Waals surface area (Å²) in [5, 5.41) is 15.1. The second kappa shape index (κ2) is 3.14. The Kier molecular flexibility index (Phi) is 1.84. The minimum Gasteiger partial charge on any atom is -0.312 e. The molecule has 2 N–H and O–H groups in total. The Morgan fingerprint density at radius 3 is 3.21 bits per heavy atom. The summed E-state index contributed by atoms with van der Waals surface area (Å²) in [6.07, 6.45) is 4.02. The Bertz CT molecular complexity index is 586. The fourth-order valence-electron chi connectivity index (χ4n) is 1.13. The van der Waals surface area contributed by atoms with Gasteiger partial charge in [0.1, 0.15) is 5.39 Å². The average Bonchev–Trinajstić information content (AvgIpc) is 2.59. The molecule has 0 aromatic carbocycles. The van der Waals surface area contributed by atoms with Crippen molar-refractivity contribution in [2.45, 2.75) is 0 Å². The fraction of sp³-hybridized carbons (Fsp3) is 0. The van der Waals surface area contributed by atoms with Crippen LogP contribution in [0.1, 0.15) is 5.69 Å². The number of nitriles is 1. The van der Waals surface area contributed by atoms with E-state index in [0.717, 1.165) is 0 Å². The fourth-order valence-corrected chi connectivity index (χ4v) is 1.13. The number of rotatable bonds is 1. The van der Waals surface area contributed by atoms with Crippen molar-refractivity contribution in [3.05, 3.63) is 28.5 Å². The topological polar surface area (TPSA) is 98.2 Å². The largest absolute Gasteiger partial charge is 0.312 e. The van der Waals surface area contributed by atoms with E-state index >= 15 is 0 Å². The summed E-state index contributed by atoms with van der Waals surface area (Å²) in [5.74, 6) is 0. The number of fused-ring (bicyclic) bond motifs is 1. The maximum atomic E-state index is 11.4. The highest BCUT2D eigenvalue weighted by molar-refractivity contribution is 5.82. The Balaban J connectivity index is 2.75. The van der Waals surface area contributed by atoms with Crippen LogP contribution in [0.2, 0.25) is 0 Å². The lowest BCUT2D eigenvalue weighted by Gasteiger charge is -1.85. The van der Waals surface area contributed by atoms with Gasteiger partial charge in [0.15, 0.2) is 5.65 Å². The predicted octanol–water partition coefficient (Wildman–Crippen LogP) is 0.183. The van der Waals surface area contributed by atoms with Crippen molar-refractivity contribution in [2.24, 2.45) is 0 Å². The molecular weight excluding hydrogens is 182 g/mol. The van der Waals surface area contributed by atoms with Gasteiger partial charge in [0.2, 0.25) is 0 Å². The van der Waals surface area contributed by atoms with Crippen molar-refractivity contribution >= 4 is 17.1 Å². The number of allylic oxidation sites excluding steroid dienone is 1. The van der Waals surface area contributed by atoms with E-state index in [4.69, 9.17) is 5.26 Å². The number of aromatic amines is 2. The second-order valence-corrected chi connectivity index (χ2v) is 2.53. The Morgan fingerprint density at radius 1 is 1.57 bits per heavy atom. The molecule has 0 aliphatic rings. The molecule has 2 heterocycles. The Hall–Kier alpha value is -2.42. The molecule has 14 heavy (non-hydrogen) atoms. The van der Waals surface area contributed by atoms with Gasteiger partial charge in [-0.3, -0.25) is 9.89 Å². The number of hydrogen-bond donors (Lipinski definition) is 2. The van der Waals surface area contributed by atoms with Crippen molar-refractivity contribution in [1.29, 1.82) is 5.26 Å². The molecule has 0 amide bonds. The standard InChI is InChI=1S/C8H5N5O/c9-3-1-2-5-6-7(13-12-5)10-4-11-8(6)14/h1-2,4H,(H2,10,11,12,13,14). The molecule has 0 bridgehead atoms. The average molecular weight is 187 g/mol. The first-order valence-corrected chi connectivity index (χ1v) is 3.81. The lowest BCUT2D eigenvalue weighted by molar-refractivity contribution is 1.08. The third kappa shape index (κ3) is 1.17. The molecule has 0 unspecified atom stereocenters. The lowest BCUT2D eigenvalue weighted by atomic mass is 10.3. The first-order valence-electron chi connectivity index (χ1n) is 3.81. The van der Waals surface area contributed by atoms with E-state index in [0.29, 0.717) is 16.7 Å². The van der Waals surface area contributed by atoms with Crippen LogP contribution in [-0.2, 0) is 0 Å². The third-order valence-electron chi connectivity index (χ3n) is 1.71. The molecule has 0 spiro atoms. The van der Waals surface area contributed by atoms with Crippen LogP contribution in [0.4, 0.5) is 0 Å². The van der Waals surface area contributed by atoms with E-state index in [-0.39, 0.29) is 5.56 Å². The van der Waals surface area contributed by atoms with E-state index in [1.165, 1.54) is 18.5 Å². The van der Waals surface area contributed by atoms with Crippen LogP contribution in [0, 0.1) is 11.3 Å². The second-order valence-electron chi connectivity index (χ2n) is 2.53. The third-order valence-corrected chi connectivity index (χ3v) is 1.71. The maximum absolute atomic E-state index is 11.4.